The molecular formula is C33H47N3O5. The summed E-state index contributed by atoms with van der Waals surface area (Å²) in [5.41, 5.74) is -0.0410. The molecule has 1 saturated carbocycles. The van der Waals surface area contributed by atoms with E-state index in [9.17, 15) is 19.5 Å². The number of rotatable bonds is 10. The van der Waals surface area contributed by atoms with Crippen LogP contribution in [0.3, 0.4) is 0 Å². The largest absolute Gasteiger partial charge is 0.508 e. The minimum Gasteiger partial charge on any atom is -0.508 e. The van der Waals surface area contributed by atoms with E-state index in [1.807, 2.05) is 51.1 Å². The second kappa shape index (κ2) is 13.9. The molecule has 0 aliphatic heterocycles. The molecule has 3 N–H and O–H groups in total. The maximum Gasteiger partial charge on any atom is 0.408 e. The molecule has 224 valence electrons. The number of carbonyl (C=O) groups excluding carboxylic acids is 3. The Hall–Kier alpha value is -3.55. The summed E-state index contributed by atoms with van der Waals surface area (Å²) in [6, 6.07) is 14.0. The number of aromatic hydroxyl groups is 1. The van der Waals surface area contributed by atoms with Crippen LogP contribution < -0.4 is 10.6 Å². The van der Waals surface area contributed by atoms with E-state index >= 15 is 0 Å². The number of hydrogen-bond donors (Lipinski definition) is 3. The zero-order valence-corrected chi connectivity index (χ0v) is 25.4. The fourth-order valence-electron chi connectivity index (χ4n) is 5.21. The number of phenols is 1. The molecule has 0 bridgehead atoms. The maximum atomic E-state index is 14.7. The molecule has 1 aliphatic carbocycles. The van der Waals surface area contributed by atoms with E-state index in [0.29, 0.717) is 12.0 Å². The van der Waals surface area contributed by atoms with Crippen molar-refractivity contribution in [3.63, 3.8) is 0 Å². The van der Waals surface area contributed by atoms with Crippen molar-refractivity contribution in [1.29, 1.82) is 0 Å². The summed E-state index contributed by atoms with van der Waals surface area (Å²) in [4.78, 5) is 43.4. The third-order valence-corrected chi connectivity index (χ3v) is 7.69. The van der Waals surface area contributed by atoms with Crippen molar-refractivity contribution in [3.8, 4) is 5.75 Å². The topological polar surface area (TPSA) is 108 Å². The quantitative estimate of drug-likeness (QED) is 0.326. The normalized spacial score (nSPS) is 15.9. The first-order chi connectivity index (χ1) is 19.3. The van der Waals surface area contributed by atoms with Crippen LogP contribution in [0.1, 0.15) is 97.2 Å². The van der Waals surface area contributed by atoms with E-state index in [-0.39, 0.29) is 30.0 Å². The van der Waals surface area contributed by atoms with Crippen LogP contribution in [-0.2, 0) is 20.7 Å². The highest BCUT2D eigenvalue weighted by Crippen LogP contribution is 2.33. The SMILES string of the molecule is CCC(C)(C)N(C(=O)C(Cc1ccc(O)cc1)NC(=O)OC(C)(C)C)C(C(=O)NC1CCCCC1)c1ccccc1. The van der Waals surface area contributed by atoms with E-state index in [0.717, 1.165) is 37.7 Å². The van der Waals surface area contributed by atoms with Gasteiger partial charge in [-0.05, 0) is 77.1 Å². The van der Waals surface area contributed by atoms with Gasteiger partial charge in [0.15, 0.2) is 0 Å². The molecule has 3 amide bonds. The Morgan fingerprint density at radius 3 is 2.12 bits per heavy atom. The van der Waals surface area contributed by atoms with Crippen molar-refractivity contribution in [2.24, 2.45) is 0 Å². The lowest BCUT2D eigenvalue weighted by Crippen LogP contribution is -2.60. The first-order valence-corrected chi connectivity index (χ1v) is 14.8. The summed E-state index contributed by atoms with van der Waals surface area (Å²) in [5.74, 6) is -0.504. The zero-order chi connectivity index (χ0) is 30.2. The minimum atomic E-state index is -1.02. The fraction of sp³-hybridized carbons (Fsp3) is 0.545. The molecule has 2 aromatic carbocycles. The Balaban J connectivity index is 2.06. The van der Waals surface area contributed by atoms with Gasteiger partial charge in [-0.15, -0.1) is 0 Å². The second-order valence-corrected chi connectivity index (χ2v) is 12.6. The minimum absolute atomic E-state index is 0.0665. The van der Waals surface area contributed by atoms with E-state index in [4.69, 9.17) is 4.74 Å². The van der Waals surface area contributed by atoms with Crippen molar-refractivity contribution in [2.75, 3.05) is 0 Å². The van der Waals surface area contributed by atoms with Crippen LogP contribution in [0.15, 0.2) is 54.6 Å². The van der Waals surface area contributed by atoms with Gasteiger partial charge in [-0.1, -0.05) is 68.7 Å². The molecule has 1 fully saturated rings. The van der Waals surface area contributed by atoms with Gasteiger partial charge in [-0.25, -0.2) is 4.79 Å². The van der Waals surface area contributed by atoms with Gasteiger partial charge in [0.25, 0.3) is 0 Å². The van der Waals surface area contributed by atoms with Crippen molar-refractivity contribution in [3.05, 3.63) is 65.7 Å². The van der Waals surface area contributed by atoms with E-state index in [1.165, 1.54) is 0 Å². The smallest absolute Gasteiger partial charge is 0.408 e. The van der Waals surface area contributed by atoms with Crippen molar-refractivity contribution in [2.45, 2.75) is 116 Å². The van der Waals surface area contributed by atoms with Crippen molar-refractivity contribution < 1.29 is 24.2 Å². The van der Waals surface area contributed by atoms with Crippen LogP contribution in [0, 0.1) is 0 Å². The fourth-order valence-corrected chi connectivity index (χ4v) is 5.21. The zero-order valence-electron chi connectivity index (χ0n) is 25.4. The molecule has 0 radical (unpaired) electrons. The number of phenolic OH excluding ortho intramolecular Hbond substituents is 1. The van der Waals surface area contributed by atoms with Crippen LogP contribution in [0.5, 0.6) is 5.75 Å². The van der Waals surface area contributed by atoms with Crippen molar-refractivity contribution in [1.82, 2.24) is 15.5 Å². The average Bonchev–Trinajstić information content (AvgIpc) is 2.92. The molecule has 0 heterocycles. The van der Waals surface area contributed by atoms with Gasteiger partial charge >= 0.3 is 6.09 Å². The first-order valence-electron chi connectivity index (χ1n) is 14.8. The molecule has 8 heteroatoms. The van der Waals surface area contributed by atoms with Crippen LogP contribution in [-0.4, -0.2) is 51.1 Å². The number of amides is 3. The summed E-state index contributed by atoms with van der Waals surface area (Å²) in [6.45, 7) is 11.2. The number of nitrogens with zero attached hydrogens (tertiary/aromatic N) is 1. The number of hydrogen-bond acceptors (Lipinski definition) is 5. The molecule has 0 saturated heterocycles. The van der Waals surface area contributed by atoms with E-state index in [2.05, 4.69) is 10.6 Å². The van der Waals surface area contributed by atoms with Gasteiger partial charge in [0.2, 0.25) is 11.8 Å². The number of ether oxygens (including phenoxy) is 1. The monoisotopic (exact) mass is 565 g/mol. The molecule has 2 unspecified atom stereocenters. The molecule has 3 rings (SSSR count). The summed E-state index contributed by atoms with van der Waals surface area (Å²) >= 11 is 0. The number of alkyl carbamates (subject to hydrolysis) is 1. The Labute approximate surface area is 244 Å². The summed E-state index contributed by atoms with van der Waals surface area (Å²) < 4.78 is 5.52. The van der Waals surface area contributed by atoms with Gasteiger partial charge in [0, 0.05) is 18.0 Å². The lowest BCUT2D eigenvalue weighted by atomic mass is 9.90. The highest BCUT2D eigenvalue weighted by atomic mass is 16.6. The summed E-state index contributed by atoms with van der Waals surface area (Å²) in [7, 11) is 0. The lowest BCUT2D eigenvalue weighted by molar-refractivity contribution is -0.149. The molecule has 41 heavy (non-hydrogen) atoms. The Bertz CT molecular complexity index is 1150. The molecular weight excluding hydrogens is 518 g/mol. The molecule has 2 aromatic rings. The van der Waals surface area contributed by atoms with E-state index in [1.54, 1.807) is 49.9 Å². The van der Waals surface area contributed by atoms with Crippen LogP contribution in [0.4, 0.5) is 4.79 Å². The van der Waals surface area contributed by atoms with Gasteiger partial charge in [0.1, 0.15) is 23.4 Å². The Kier molecular flexibility index (Phi) is 10.8. The molecule has 0 aromatic heterocycles. The number of nitrogens with one attached hydrogen (secondary N) is 2. The highest BCUT2D eigenvalue weighted by molar-refractivity contribution is 5.93. The first kappa shape index (κ1) is 32.0. The molecule has 8 nitrogen and oxygen atoms in total. The standard InChI is InChI=1S/C33H47N3O5/c1-7-33(5,6)36(28(24-14-10-8-11-15-24)29(38)34-25-16-12-9-13-17-25)30(39)27(35-31(40)41-32(2,3)4)22-23-18-20-26(37)21-19-23/h8,10-11,14-15,18-21,25,27-28,37H,7,9,12-13,16-17,22H2,1-6H3,(H,34,38)(H,35,40). The average molecular weight is 566 g/mol. The van der Waals surface area contributed by atoms with Crippen LogP contribution >= 0.6 is 0 Å². The molecule has 0 spiro atoms. The Morgan fingerprint density at radius 1 is 0.951 bits per heavy atom. The van der Waals surface area contributed by atoms with Gasteiger partial charge < -0.3 is 25.4 Å². The Morgan fingerprint density at radius 2 is 1.56 bits per heavy atom. The number of carbonyl (C=O) groups is 3. The number of benzene rings is 2. The third-order valence-electron chi connectivity index (χ3n) is 7.69. The van der Waals surface area contributed by atoms with Gasteiger partial charge in [-0.2, -0.15) is 0 Å². The highest BCUT2D eigenvalue weighted by Gasteiger charge is 2.43. The maximum absolute atomic E-state index is 14.7. The lowest BCUT2D eigenvalue weighted by Gasteiger charge is -2.45. The van der Waals surface area contributed by atoms with E-state index < -0.39 is 29.3 Å². The van der Waals surface area contributed by atoms with Crippen molar-refractivity contribution >= 4 is 17.9 Å². The summed E-state index contributed by atoms with van der Waals surface area (Å²) in [6.07, 6.45) is 5.16. The second-order valence-electron chi connectivity index (χ2n) is 12.6. The third kappa shape index (κ3) is 9.23. The van der Waals surface area contributed by atoms with Crippen LogP contribution in [0.2, 0.25) is 0 Å². The van der Waals surface area contributed by atoms with Gasteiger partial charge in [-0.3, -0.25) is 9.59 Å². The predicted octanol–water partition coefficient (Wildman–Crippen LogP) is 6.04. The molecule has 1 aliphatic rings. The predicted molar refractivity (Wildman–Crippen MR) is 160 cm³/mol. The van der Waals surface area contributed by atoms with Gasteiger partial charge in [0.05, 0.1) is 0 Å². The summed E-state index contributed by atoms with van der Waals surface area (Å²) in [5, 5.41) is 15.8. The molecule has 2 atom stereocenters. The van der Waals surface area contributed by atoms with Crippen LogP contribution in [0.25, 0.3) is 0 Å².